The number of rotatable bonds is 2. The smallest absolute Gasteiger partial charge is 0.0318 e. The maximum absolute atomic E-state index is 5.97. The van der Waals surface area contributed by atoms with Crippen LogP contribution in [0.1, 0.15) is 25.5 Å². The van der Waals surface area contributed by atoms with E-state index in [1.54, 1.807) is 0 Å². The summed E-state index contributed by atoms with van der Waals surface area (Å²) in [4.78, 5) is 0. The summed E-state index contributed by atoms with van der Waals surface area (Å²) in [6.07, 6.45) is 0. The third kappa shape index (κ3) is 2.32. The second-order valence-corrected chi connectivity index (χ2v) is 4.24. The molecule has 66 valence electrons. The topological polar surface area (TPSA) is 26.0 Å². The van der Waals surface area contributed by atoms with Crippen molar-refractivity contribution in [1.29, 1.82) is 0 Å². The van der Waals surface area contributed by atoms with Gasteiger partial charge in [-0.25, -0.2) is 0 Å². The molecule has 0 unspecified atom stereocenters. The van der Waals surface area contributed by atoms with Crippen molar-refractivity contribution in [2.24, 2.45) is 11.7 Å². The fourth-order valence-corrected chi connectivity index (χ4v) is 1.33. The third-order valence-electron chi connectivity index (χ3n) is 1.97. The minimum Gasteiger partial charge on any atom is -0.324 e. The zero-order chi connectivity index (χ0) is 9.14. The third-order valence-corrected chi connectivity index (χ3v) is 2.50. The van der Waals surface area contributed by atoms with E-state index in [-0.39, 0.29) is 6.04 Å². The fourth-order valence-electron chi connectivity index (χ4n) is 1.07. The normalized spacial score (nSPS) is 13.4. The lowest BCUT2D eigenvalue weighted by atomic mass is 9.97. The van der Waals surface area contributed by atoms with Gasteiger partial charge in [0, 0.05) is 10.5 Å². The summed E-state index contributed by atoms with van der Waals surface area (Å²) in [5.74, 6) is 0.492. The molecule has 0 heterocycles. The number of nitrogens with two attached hydrogens (primary N) is 1. The van der Waals surface area contributed by atoms with E-state index in [4.69, 9.17) is 5.73 Å². The van der Waals surface area contributed by atoms with Gasteiger partial charge in [0.25, 0.3) is 0 Å². The average molecular weight is 228 g/mol. The molecule has 0 aliphatic rings. The van der Waals surface area contributed by atoms with E-state index in [0.29, 0.717) is 5.92 Å². The zero-order valence-electron chi connectivity index (χ0n) is 7.42. The van der Waals surface area contributed by atoms with Crippen LogP contribution >= 0.6 is 15.9 Å². The molecule has 1 rings (SSSR count). The Morgan fingerprint density at radius 3 is 2.08 bits per heavy atom. The molecule has 0 amide bonds. The highest BCUT2D eigenvalue weighted by atomic mass is 79.9. The SMILES string of the molecule is CC(C)[C@H](N)c1ccc(Br)cc1. The molecule has 0 aliphatic carbocycles. The van der Waals surface area contributed by atoms with Gasteiger partial charge >= 0.3 is 0 Å². The van der Waals surface area contributed by atoms with Crippen LogP contribution in [0.3, 0.4) is 0 Å². The van der Waals surface area contributed by atoms with Crippen molar-refractivity contribution in [3.05, 3.63) is 34.3 Å². The number of hydrogen-bond acceptors (Lipinski definition) is 1. The first kappa shape index (κ1) is 9.75. The van der Waals surface area contributed by atoms with Crippen LogP contribution in [-0.2, 0) is 0 Å². The average Bonchev–Trinajstić information content (AvgIpc) is 2.04. The Balaban J connectivity index is 2.82. The van der Waals surface area contributed by atoms with Crippen LogP contribution in [0.15, 0.2) is 28.7 Å². The van der Waals surface area contributed by atoms with Crippen molar-refractivity contribution in [3.63, 3.8) is 0 Å². The lowest BCUT2D eigenvalue weighted by Gasteiger charge is -2.15. The van der Waals surface area contributed by atoms with Gasteiger partial charge in [-0.15, -0.1) is 0 Å². The molecule has 0 aromatic heterocycles. The first-order chi connectivity index (χ1) is 5.61. The molecule has 0 spiro atoms. The molecule has 2 heteroatoms. The first-order valence-electron chi connectivity index (χ1n) is 4.12. The van der Waals surface area contributed by atoms with Crippen molar-refractivity contribution in [2.45, 2.75) is 19.9 Å². The van der Waals surface area contributed by atoms with Gasteiger partial charge in [-0.05, 0) is 23.6 Å². The molecule has 1 nitrogen and oxygen atoms in total. The van der Waals surface area contributed by atoms with Gasteiger partial charge in [0.05, 0.1) is 0 Å². The molecule has 0 fully saturated rings. The predicted molar refractivity (Wildman–Crippen MR) is 55.9 cm³/mol. The van der Waals surface area contributed by atoms with E-state index >= 15 is 0 Å². The summed E-state index contributed by atoms with van der Waals surface area (Å²) in [5, 5.41) is 0. The van der Waals surface area contributed by atoms with E-state index in [2.05, 4.69) is 41.9 Å². The van der Waals surface area contributed by atoms with E-state index < -0.39 is 0 Å². The summed E-state index contributed by atoms with van der Waals surface area (Å²) >= 11 is 3.39. The molecule has 1 aromatic rings. The van der Waals surface area contributed by atoms with Crippen LogP contribution in [0.5, 0.6) is 0 Å². The molecule has 0 radical (unpaired) electrons. The fraction of sp³-hybridized carbons (Fsp3) is 0.400. The number of benzene rings is 1. The number of hydrogen-bond donors (Lipinski definition) is 1. The lowest BCUT2D eigenvalue weighted by Crippen LogP contribution is -2.16. The highest BCUT2D eigenvalue weighted by Crippen LogP contribution is 2.20. The van der Waals surface area contributed by atoms with Gasteiger partial charge in [-0.1, -0.05) is 41.9 Å². The van der Waals surface area contributed by atoms with Crippen molar-refractivity contribution < 1.29 is 0 Å². The maximum atomic E-state index is 5.97. The second kappa shape index (κ2) is 4.06. The molecule has 2 N–H and O–H groups in total. The molecule has 1 aromatic carbocycles. The van der Waals surface area contributed by atoms with Gasteiger partial charge in [-0.3, -0.25) is 0 Å². The summed E-state index contributed by atoms with van der Waals surface area (Å²) in [6.45, 7) is 4.26. The largest absolute Gasteiger partial charge is 0.324 e. The highest BCUT2D eigenvalue weighted by Gasteiger charge is 2.08. The minimum absolute atomic E-state index is 0.151. The zero-order valence-corrected chi connectivity index (χ0v) is 9.01. The monoisotopic (exact) mass is 227 g/mol. The van der Waals surface area contributed by atoms with Crippen LogP contribution in [0, 0.1) is 5.92 Å². The van der Waals surface area contributed by atoms with Gasteiger partial charge in [0.1, 0.15) is 0 Å². The van der Waals surface area contributed by atoms with E-state index in [9.17, 15) is 0 Å². The quantitative estimate of drug-likeness (QED) is 0.826. The minimum atomic E-state index is 0.151. The molecule has 1 atom stereocenters. The summed E-state index contributed by atoms with van der Waals surface area (Å²) in [7, 11) is 0. The van der Waals surface area contributed by atoms with Gasteiger partial charge in [-0.2, -0.15) is 0 Å². The Kier molecular flexibility index (Phi) is 3.29. The van der Waals surface area contributed by atoms with E-state index in [0.717, 1.165) is 4.47 Å². The maximum Gasteiger partial charge on any atom is 0.0318 e. The highest BCUT2D eigenvalue weighted by molar-refractivity contribution is 9.10. The first-order valence-corrected chi connectivity index (χ1v) is 4.91. The van der Waals surface area contributed by atoms with Crippen LogP contribution in [0.25, 0.3) is 0 Å². The van der Waals surface area contributed by atoms with Gasteiger partial charge in [0.15, 0.2) is 0 Å². The standard InChI is InChI=1S/C10H14BrN/c1-7(2)10(12)8-3-5-9(11)6-4-8/h3-7,10H,12H2,1-2H3/t10-/m0/s1. The lowest BCUT2D eigenvalue weighted by molar-refractivity contribution is 0.514. The van der Waals surface area contributed by atoms with Crippen LogP contribution in [0.4, 0.5) is 0 Å². The molecule has 0 aliphatic heterocycles. The molecule has 0 saturated carbocycles. The van der Waals surface area contributed by atoms with Crippen LogP contribution < -0.4 is 5.73 Å². The van der Waals surface area contributed by atoms with Crippen LogP contribution in [-0.4, -0.2) is 0 Å². The molecule has 12 heavy (non-hydrogen) atoms. The molecular formula is C10H14BrN. The summed E-state index contributed by atoms with van der Waals surface area (Å²) in [5.41, 5.74) is 7.17. The van der Waals surface area contributed by atoms with Crippen molar-refractivity contribution in [3.8, 4) is 0 Å². The Labute approximate surface area is 82.1 Å². The Morgan fingerprint density at radius 1 is 1.17 bits per heavy atom. The Hall–Kier alpha value is -0.340. The molecular weight excluding hydrogens is 214 g/mol. The van der Waals surface area contributed by atoms with Crippen molar-refractivity contribution in [1.82, 2.24) is 0 Å². The second-order valence-electron chi connectivity index (χ2n) is 3.32. The van der Waals surface area contributed by atoms with Crippen LogP contribution in [0.2, 0.25) is 0 Å². The Morgan fingerprint density at radius 2 is 1.67 bits per heavy atom. The van der Waals surface area contributed by atoms with Gasteiger partial charge < -0.3 is 5.73 Å². The molecule has 0 saturated heterocycles. The van der Waals surface area contributed by atoms with E-state index in [1.807, 2.05) is 12.1 Å². The predicted octanol–water partition coefficient (Wildman–Crippen LogP) is 3.10. The van der Waals surface area contributed by atoms with Gasteiger partial charge in [0.2, 0.25) is 0 Å². The van der Waals surface area contributed by atoms with E-state index in [1.165, 1.54) is 5.56 Å². The summed E-state index contributed by atoms with van der Waals surface area (Å²) in [6, 6.07) is 8.33. The Bertz CT molecular complexity index is 241. The molecule has 0 bridgehead atoms. The number of halogens is 1. The van der Waals surface area contributed by atoms with Crippen molar-refractivity contribution in [2.75, 3.05) is 0 Å². The summed E-state index contributed by atoms with van der Waals surface area (Å²) < 4.78 is 1.10. The van der Waals surface area contributed by atoms with Crippen molar-refractivity contribution >= 4 is 15.9 Å².